The van der Waals surface area contributed by atoms with E-state index in [-0.39, 0.29) is 0 Å². The van der Waals surface area contributed by atoms with Crippen LogP contribution in [0.15, 0.2) is 36.4 Å². The summed E-state index contributed by atoms with van der Waals surface area (Å²) in [5, 5.41) is 1.10. The van der Waals surface area contributed by atoms with Gasteiger partial charge in [0.25, 0.3) is 0 Å². The van der Waals surface area contributed by atoms with E-state index in [0.717, 1.165) is 17.4 Å². The minimum absolute atomic E-state index is 0.389. The van der Waals surface area contributed by atoms with E-state index in [4.69, 9.17) is 27.9 Å². The number of aryl methyl sites for hydroxylation is 1. The first-order valence-electron chi connectivity index (χ1n) is 5.72. The minimum atomic E-state index is 0.389. The zero-order valence-electron chi connectivity index (χ0n) is 10.3. The quantitative estimate of drug-likeness (QED) is 0.765. The van der Waals surface area contributed by atoms with Crippen molar-refractivity contribution in [3.63, 3.8) is 0 Å². The molecule has 0 amide bonds. The number of halogens is 2. The molecule has 4 heteroatoms. The van der Waals surface area contributed by atoms with Crippen LogP contribution >= 0.6 is 23.2 Å². The van der Waals surface area contributed by atoms with Crippen LogP contribution in [0, 0.1) is 6.92 Å². The molecule has 2 aromatic rings. The third-order valence-electron chi connectivity index (χ3n) is 2.72. The van der Waals surface area contributed by atoms with Crippen molar-refractivity contribution >= 4 is 29.5 Å². The Labute approximate surface area is 121 Å². The van der Waals surface area contributed by atoms with Crippen LogP contribution in [0.4, 0.5) is 0 Å². The van der Waals surface area contributed by atoms with E-state index in [0.29, 0.717) is 28.0 Å². The SMILES string of the molecule is Cc1cc(OCc2ccc(C=O)cc2)c(Cl)cc1Cl. The Morgan fingerprint density at radius 3 is 2.42 bits per heavy atom. The average molecular weight is 295 g/mol. The van der Waals surface area contributed by atoms with Crippen molar-refractivity contribution < 1.29 is 9.53 Å². The van der Waals surface area contributed by atoms with Crippen molar-refractivity contribution in [2.75, 3.05) is 0 Å². The normalized spacial score (nSPS) is 10.3. The van der Waals surface area contributed by atoms with Crippen LogP contribution in [0.25, 0.3) is 0 Å². The second kappa shape index (κ2) is 6.09. The maximum Gasteiger partial charge on any atom is 0.150 e. The highest BCUT2D eigenvalue weighted by Gasteiger charge is 2.06. The van der Waals surface area contributed by atoms with Gasteiger partial charge in [0.05, 0.1) is 5.02 Å². The van der Waals surface area contributed by atoms with Crippen LogP contribution in [-0.4, -0.2) is 6.29 Å². The largest absolute Gasteiger partial charge is 0.487 e. The summed E-state index contributed by atoms with van der Waals surface area (Å²) >= 11 is 12.0. The van der Waals surface area contributed by atoms with Crippen LogP contribution in [0.1, 0.15) is 21.5 Å². The van der Waals surface area contributed by atoms with Crippen LogP contribution in [0.3, 0.4) is 0 Å². The summed E-state index contributed by atoms with van der Waals surface area (Å²) in [4.78, 5) is 10.5. The first-order chi connectivity index (χ1) is 9.10. The van der Waals surface area contributed by atoms with Crippen LogP contribution in [0.2, 0.25) is 10.0 Å². The number of hydrogen-bond acceptors (Lipinski definition) is 2. The molecule has 0 radical (unpaired) electrons. The minimum Gasteiger partial charge on any atom is -0.487 e. The highest BCUT2D eigenvalue weighted by molar-refractivity contribution is 6.35. The van der Waals surface area contributed by atoms with Gasteiger partial charge in [0.1, 0.15) is 18.6 Å². The van der Waals surface area contributed by atoms with Crippen LogP contribution in [-0.2, 0) is 6.61 Å². The topological polar surface area (TPSA) is 26.3 Å². The van der Waals surface area contributed by atoms with E-state index in [2.05, 4.69) is 0 Å². The molecule has 0 aliphatic carbocycles. The Kier molecular flexibility index (Phi) is 4.46. The maximum absolute atomic E-state index is 10.5. The first kappa shape index (κ1) is 13.9. The molecule has 0 heterocycles. The number of aldehydes is 1. The van der Waals surface area contributed by atoms with Crippen molar-refractivity contribution in [1.29, 1.82) is 0 Å². The fourth-order valence-corrected chi connectivity index (χ4v) is 2.03. The Morgan fingerprint density at radius 1 is 1.11 bits per heavy atom. The molecule has 2 rings (SSSR count). The molecule has 2 aromatic carbocycles. The Bertz CT molecular complexity index is 592. The second-order valence-corrected chi connectivity index (χ2v) is 4.99. The van der Waals surface area contributed by atoms with Gasteiger partial charge in [-0.15, -0.1) is 0 Å². The highest BCUT2D eigenvalue weighted by atomic mass is 35.5. The molecule has 0 N–H and O–H groups in total. The summed E-state index contributed by atoms with van der Waals surface area (Å²) in [5.74, 6) is 0.600. The maximum atomic E-state index is 10.5. The summed E-state index contributed by atoms with van der Waals surface area (Å²) in [6.45, 7) is 2.28. The van der Waals surface area contributed by atoms with Gasteiger partial charge in [0.15, 0.2) is 0 Å². The summed E-state index contributed by atoms with van der Waals surface area (Å²) in [7, 11) is 0. The van der Waals surface area contributed by atoms with Crippen molar-refractivity contribution in [1.82, 2.24) is 0 Å². The number of benzene rings is 2. The van der Waals surface area contributed by atoms with Gasteiger partial charge >= 0.3 is 0 Å². The van der Waals surface area contributed by atoms with Crippen LogP contribution in [0.5, 0.6) is 5.75 Å². The summed E-state index contributed by atoms with van der Waals surface area (Å²) in [6, 6.07) is 10.7. The van der Waals surface area contributed by atoms with Gasteiger partial charge < -0.3 is 4.74 Å². The molecule has 0 aliphatic rings. The van der Waals surface area contributed by atoms with Gasteiger partial charge in [-0.2, -0.15) is 0 Å². The van der Waals surface area contributed by atoms with E-state index < -0.39 is 0 Å². The lowest BCUT2D eigenvalue weighted by Crippen LogP contribution is -1.97. The smallest absolute Gasteiger partial charge is 0.150 e. The predicted molar refractivity (Wildman–Crippen MR) is 77.4 cm³/mol. The van der Waals surface area contributed by atoms with Gasteiger partial charge in [-0.3, -0.25) is 4.79 Å². The Hall–Kier alpha value is -1.51. The van der Waals surface area contributed by atoms with E-state index in [1.54, 1.807) is 18.2 Å². The highest BCUT2D eigenvalue weighted by Crippen LogP contribution is 2.31. The molecule has 0 saturated heterocycles. The molecule has 19 heavy (non-hydrogen) atoms. The predicted octanol–water partition coefficient (Wildman–Crippen LogP) is 4.69. The zero-order valence-corrected chi connectivity index (χ0v) is 11.8. The molecule has 98 valence electrons. The van der Waals surface area contributed by atoms with Gasteiger partial charge in [-0.05, 0) is 30.2 Å². The first-order valence-corrected chi connectivity index (χ1v) is 6.48. The lowest BCUT2D eigenvalue weighted by Gasteiger charge is -2.10. The van der Waals surface area contributed by atoms with Crippen molar-refractivity contribution in [2.45, 2.75) is 13.5 Å². The third-order valence-corrected chi connectivity index (χ3v) is 3.43. The van der Waals surface area contributed by atoms with Crippen molar-refractivity contribution in [2.24, 2.45) is 0 Å². The Morgan fingerprint density at radius 2 is 1.79 bits per heavy atom. The fourth-order valence-electron chi connectivity index (χ4n) is 1.59. The molecule has 0 aliphatic heterocycles. The Balaban J connectivity index is 2.09. The van der Waals surface area contributed by atoms with Gasteiger partial charge in [0.2, 0.25) is 0 Å². The van der Waals surface area contributed by atoms with Crippen LogP contribution < -0.4 is 4.74 Å². The number of ether oxygens (including phenoxy) is 1. The lowest BCUT2D eigenvalue weighted by atomic mass is 10.1. The van der Waals surface area contributed by atoms with Gasteiger partial charge in [-0.1, -0.05) is 47.5 Å². The van der Waals surface area contributed by atoms with Crippen molar-refractivity contribution in [3.05, 3.63) is 63.1 Å². The fraction of sp³-hybridized carbons (Fsp3) is 0.133. The molecule has 0 bridgehead atoms. The number of carbonyl (C=O) groups excluding carboxylic acids is 1. The van der Waals surface area contributed by atoms with Crippen molar-refractivity contribution in [3.8, 4) is 5.75 Å². The van der Waals surface area contributed by atoms with Gasteiger partial charge in [0, 0.05) is 10.6 Å². The molecule has 0 unspecified atom stereocenters. The number of rotatable bonds is 4. The molecule has 2 nitrogen and oxygen atoms in total. The van der Waals surface area contributed by atoms with Gasteiger partial charge in [-0.25, -0.2) is 0 Å². The average Bonchev–Trinajstić information content (AvgIpc) is 2.42. The molecule has 0 atom stereocenters. The molecule has 0 aromatic heterocycles. The van der Waals surface area contributed by atoms with E-state index in [1.165, 1.54) is 0 Å². The number of carbonyl (C=O) groups is 1. The summed E-state index contributed by atoms with van der Waals surface area (Å²) < 4.78 is 5.65. The van der Waals surface area contributed by atoms with E-state index in [1.807, 2.05) is 25.1 Å². The monoisotopic (exact) mass is 294 g/mol. The summed E-state index contributed by atoms with van der Waals surface area (Å²) in [5.41, 5.74) is 2.52. The lowest BCUT2D eigenvalue weighted by molar-refractivity contribution is 0.112. The second-order valence-electron chi connectivity index (χ2n) is 4.18. The molecular weight excluding hydrogens is 283 g/mol. The van der Waals surface area contributed by atoms with E-state index in [9.17, 15) is 4.79 Å². The zero-order chi connectivity index (χ0) is 13.8. The molecule has 0 saturated carbocycles. The standard InChI is InChI=1S/C15H12Cl2O2/c1-10-6-15(14(17)7-13(10)16)19-9-12-4-2-11(8-18)3-5-12/h2-8H,9H2,1H3. The molecular formula is C15H12Cl2O2. The molecule has 0 spiro atoms. The summed E-state index contributed by atoms with van der Waals surface area (Å²) in [6.07, 6.45) is 0.810. The third kappa shape index (κ3) is 3.49. The molecule has 0 fully saturated rings. The number of hydrogen-bond donors (Lipinski definition) is 0. The van der Waals surface area contributed by atoms with E-state index >= 15 is 0 Å².